The first kappa shape index (κ1) is 21.1. The number of halogens is 1. The van der Waals surface area contributed by atoms with Crippen LogP contribution in [-0.4, -0.2) is 34.8 Å². The Morgan fingerprint density at radius 1 is 1.25 bits per heavy atom. The number of hydrogen-bond acceptors (Lipinski definition) is 6. The van der Waals surface area contributed by atoms with Crippen LogP contribution < -0.4 is 4.74 Å². The van der Waals surface area contributed by atoms with Crippen LogP contribution in [0.5, 0.6) is 5.75 Å². The van der Waals surface area contributed by atoms with Gasteiger partial charge in [-0.2, -0.15) is 0 Å². The molecule has 5 rings (SSSR count). The van der Waals surface area contributed by atoms with E-state index in [1.165, 1.54) is 18.4 Å². The molecule has 166 valence electrons. The smallest absolute Gasteiger partial charge is 0.290 e. The number of benzene rings is 1. The molecule has 1 N–H and O–H groups in total. The summed E-state index contributed by atoms with van der Waals surface area (Å²) in [7, 11) is 1.49. The summed E-state index contributed by atoms with van der Waals surface area (Å²) in [5, 5.41) is 13.8. The van der Waals surface area contributed by atoms with Crippen molar-refractivity contribution < 1.29 is 23.8 Å². The standard InChI is InChI=1S/C24H22ClNO5S/c1-30-17-12-14(25)10-13-11-16(31-23(13)17)21(27)19-20(18-8-5-9-32-18)26(24(29)22(19)28)15-6-3-2-4-7-15/h5,8-12,15,20,28H,2-4,6-7H2,1H3. The lowest BCUT2D eigenvalue weighted by atomic mass is 9.92. The van der Waals surface area contributed by atoms with E-state index in [4.69, 9.17) is 20.8 Å². The van der Waals surface area contributed by atoms with Crippen molar-refractivity contribution in [3.63, 3.8) is 0 Å². The van der Waals surface area contributed by atoms with Crippen molar-refractivity contribution in [1.29, 1.82) is 0 Å². The molecule has 1 saturated carbocycles. The number of carbonyl (C=O) groups is 2. The average molecular weight is 472 g/mol. The number of methoxy groups -OCH3 is 1. The van der Waals surface area contributed by atoms with Crippen molar-refractivity contribution in [1.82, 2.24) is 4.90 Å². The zero-order valence-electron chi connectivity index (χ0n) is 17.5. The molecule has 1 fully saturated rings. The molecular weight excluding hydrogens is 450 g/mol. The van der Waals surface area contributed by atoms with E-state index in [9.17, 15) is 14.7 Å². The van der Waals surface area contributed by atoms with E-state index in [2.05, 4.69) is 0 Å². The van der Waals surface area contributed by atoms with E-state index in [1.54, 1.807) is 23.1 Å². The van der Waals surface area contributed by atoms with Gasteiger partial charge in [0.05, 0.1) is 12.7 Å². The highest BCUT2D eigenvalue weighted by molar-refractivity contribution is 7.10. The number of Topliss-reactive ketones (excluding diaryl/α,β-unsaturated/α-hetero) is 1. The summed E-state index contributed by atoms with van der Waals surface area (Å²) >= 11 is 7.61. The van der Waals surface area contributed by atoms with E-state index in [-0.39, 0.29) is 17.4 Å². The van der Waals surface area contributed by atoms with Crippen LogP contribution in [0.15, 0.2) is 51.5 Å². The van der Waals surface area contributed by atoms with Gasteiger partial charge in [0, 0.05) is 27.4 Å². The number of carbonyl (C=O) groups excluding carboxylic acids is 2. The van der Waals surface area contributed by atoms with Crippen molar-refractivity contribution in [3.05, 3.63) is 62.7 Å². The zero-order valence-corrected chi connectivity index (χ0v) is 19.0. The first-order chi connectivity index (χ1) is 15.5. The lowest BCUT2D eigenvalue weighted by Gasteiger charge is -2.35. The average Bonchev–Trinajstić information content (AvgIpc) is 3.52. The quantitative estimate of drug-likeness (QED) is 0.457. The Morgan fingerprint density at radius 3 is 2.72 bits per heavy atom. The molecular formula is C24H22ClNO5S. The number of rotatable bonds is 5. The highest BCUT2D eigenvalue weighted by Gasteiger charge is 2.47. The van der Waals surface area contributed by atoms with Crippen molar-refractivity contribution >= 4 is 45.6 Å². The minimum Gasteiger partial charge on any atom is -0.503 e. The Hall–Kier alpha value is -2.77. The van der Waals surface area contributed by atoms with Gasteiger partial charge >= 0.3 is 0 Å². The molecule has 0 bridgehead atoms. The summed E-state index contributed by atoms with van der Waals surface area (Å²) in [5.41, 5.74) is 0.452. The lowest BCUT2D eigenvalue weighted by molar-refractivity contribution is -0.132. The Morgan fingerprint density at radius 2 is 2.03 bits per heavy atom. The number of aliphatic hydroxyl groups is 1. The topological polar surface area (TPSA) is 80.0 Å². The van der Waals surface area contributed by atoms with Crippen LogP contribution in [0, 0.1) is 0 Å². The predicted octanol–water partition coefficient (Wildman–Crippen LogP) is 6.07. The van der Waals surface area contributed by atoms with Crippen molar-refractivity contribution in [2.45, 2.75) is 44.2 Å². The summed E-state index contributed by atoms with van der Waals surface area (Å²) in [6.07, 6.45) is 4.92. The number of ketones is 1. The maximum absolute atomic E-state index is 13.6. The number of fused-ring (bicyclic) bond motifs is 1. The van der Waals surface area contributed by atoms with Crippen LogP contribution in [-0.2, 0) is 4.79 Å². The van der Waals surface area contributed by atoms with Gasteiger partial charge in [0.2, 0.25) is 5.78 Å². The van der Waals surface area contributed by atoms with Crippen molar-refractivity contribution in [3.8, 4) is 5.75 Å². The van der Waals surface area contributed by atoms with Gasteiger partial charge in [-0.05, 0) is 36.4 Å². The second-order valence-corrected chi connectivity index (χ2v) is 9.57. The minimum absolute atomic E-state index is 0.00891. The molecule has 3 heterocycles. The monoisotopic (exact) mass is 471 g/mol. The molecule has 2 aromatic heterocycles. The van der Waals surface area contributed by atoms with Crippen molar-refractivity contribution in [2.24, 2.45) is 0 Å². The van der Waals surface area contributed by atoms with Gasteiger partial charge in [-0.1, -0.05) is 36.9 Å². The fourth-order valence-electron chi connectivity index (χ4n) is 4.80. The van der Waals surface area contributed by atoms with Crippen LogP contribution in [0.1, 0.15) is 53.6 Å². The molecule has 6 nitrogen and oxygen atoms in total. The molecule has 0 saturated heterocycles. The van der Waals surface area contributed by atoms with Gasteiger partial charge in [-0.25, -0.2) is 0 Å². The molecule has 1 aliphatic heterocycles. The maximum Gasteiger partial charge on any atom is 0.290 e. The molecule has 1 aliphatic carbocycles. The fraction of sp³-hybridized carbons (Fsp3) is 0.333. The van der Waals surface area contributed by atoms with E-state index < -0.39 is 23.5 Å². The van der Waals surface area contributed by atoms with E-state index in [1.807, 2.05) is 17.5 Å². The number of hydrogen-bond donors (Lipinski definition) is 1. The maximum atomic E-state index is 13.6. The molecule has 32 heavy (non-hydrogen) atoms. The molecule has 2 aliphatic rings. The summed E-state index contributed by atoms with van der Waals surface area (Å²) < 4.78 is 11.2. The Labute approximate surface area is 194 Å². The SMILES string of the molecule is COc1cc(Cl)cc2cc(C(=O)C3=C(O)C(=O)N(C4CCCCC4)C3c3cccs3)oc12. The molecule has 0 spiro atoms. The largest absolute Gasteiger partial charge is 0.503 e. The summed E-state index contributed by atoms with van der Waals surface area (Å²) in [6, 6.07) is 8.00. The van der Waals surface area contributed by atoms with Crippen LogP contribution in [0.25, 0.3) is 11.0 Å². The minimum atomic E-state index is -0.628. The van der Waals surface area contributed by atoms with Gasteiger partial charge in [-0.15, -0.1) is 11.3 Å². The van der Waals surface area contributed by atoms with Gasteiger partial charge in [0.25, 0.3) is 5.91 Å². The summed E-state index contributed by atoms with van der Waals surface area (Å²) in [4.78, 5) is 29.4. The molecule has 1 unspecified atom stereocenters. The second kappa shape index (κ2) is 8.30. The van der Waals surface area contributed by atoms with Gasteiger partial charge in [0.15, 0.2) is 22.9 Å². The first-order valence-corrected chi connectivity index (χ1v) is 11.9. The van der Waals surface area contributed by atoms with Gasteiger partial charge < -0.3 is 19.2 Å². The Kier molecular flexibility index (Phi) is 5.47. The van der Waals surface area contributed by atoms with Crippen LogP contribution in [0.3, 0.4) is 0 Å². The molecule has 1 atom stereocenters. The molecule has 0 radical (unpaired) electrons. The van der Waals surface area contributed by atoms with Crippen molar-refractivity contribution in [2.75, 3.05) is 7.11 Å². The highest BCUT2D eigenvalue weighted by Crippen LogP contribution is 2.45. The zero-order chi connectivity index (χ0) is 22.4. The third kappa shape index (κ3) is 3.40. The number of furan rings is 1. The lowest BCUT2D eigenvalue weighted by Crippen LogP contribution is -2.41. The van der Waals surface area contributed by atoms with E-state index in [0.29, 0.717) is 21.7 Å². The van der Waals surface area contributed by atoms with Crippen LogP contribution >= 0.6 is 22.9 Å². The third-order valence-electron chi connectivity index (χ3n) is 6.26. The van der Waals surface area contributed by atoms with Gasteiger partial charge in [-0.3, -0.25) is 9.59 Å². The first-order valence-electron chi connectivity index (χ1n) is 10.6. The number of ether oxygens (including phenoxy) is 1. The highest BCUT2D eigenvalue weighted by atomic mass is 35.5. The number of thiophene rings is 1. The fourth-order valence-corrected chi connectivity index (χ4v) is 5.85. The number of nitrogens with zero attached hydrogens (tertiary/aromatic N) is 1. The summed E-state index contributed by atoms with van der Waals surface area (Å²) in [6.45, 7) is 0. The molecule has 3 aromatic rings. The third-order valence-corrected chi connectivity index (χ3v) is 7.40. The van der Waals surface area contributed by atoms with E-state index >= 15 is 0 Å². The number of amides is 1. The Bertz CT molecular complexity index is 1220. The van der Waals surface area contributed by atoms with E-state index in [0.717, 1.165) is 37.0 Å². The molecule has 8 heteroatoms. The van der Waals surface area contributed by atoms with Gasteiger partial charge in [0.1, 0.15) is 6.04 Å². The number of aliphatic hydroxyl groups excluding tert-OH is 1. The second-order valence-electron chi connectivity index (χ2n) is 8.15. The van der Waals surface area contributed by atoms with Crippen LogP contribution in [0.2, 0.25) is 5.02 Å². The van der Waals surface area contributed by atoms with Crippen LogP contribution in [0.4, 0.5) is 0 Å². The Balaban J connectivity index is 1.60. The predicted molar refractivity (Wildman–Crippen MR) is 123 cm³/mol. The molecule has 1 amide bonds. The summed E-state index contributed by atoms with van der Waals surface area (Å²) in [5.74, 6) is -1.06. The normalized spacial score (nSPS) is 19.9. The molecule has 1 aromatic carbocycles.